The summed E-state index contributed by atoms with van der Waals surface area (Å²) in [5.41, 5.74) is 0. The molecule has 0 atom stereocenters. The SMILES string of the molecule is CCN(C)C.CCN(C)CN(C)C. The summed E-state index contributed by atoms with van der Waals surface area (Å²) in [7, 11) is 10.4. The van der Waals surface area contributed by atoms with Crippen LogP contribution in [0, 0.1) is 0 Å². The molecule has 13 heavy (non-hydrogen) atoms. The second-order valence-corrected chi connectivity index (χ2v) is 3.79. The average Bonchev–Trinajstić information content (AvgIpc) is 2.04. The summed E-state index contributed by atoms with van der Waals surface area (Å²) in [6.45, 7) is 7.60. The van der Waals surface area contributed by atoms with E-state index in [-0.39, 0.29) is 0 Å². The highest BCUT2D eigenvalue weighted by Crippen LogP contribution is 1.80. The number of hydrogen-bond donors (Lipinski definition) is 0. The zero-order chi connectivity index (χ0) is 10.9. The first kappa shape index (κ1) is 15.4. The van der Waals surface area contributed by atoms with Gasteiger partial charge in [0.1, 0.15) is 0 Å². The van der Waals surface area contributed by atoms with E-state index in [4.69, 9.17) is 0 Å². The Hall–Kier alpha value is -0.120. The van der Waals surface area contributed by atoms with Crippen LogP contribution in [0.5, 0.6) is 0 Å². The van der Waals surface area contributed by atoms with E-state index >= 15 is 0 Å². The minimum absolute atomic E-state index is 1.05. The van der Waals surface area contributed by atoms with Crippen molar-refractivity contribution in [2.75, 3.05) is 55.0 Å². The standard InChI is InChI=1S/C6H16N2.C4H11N/c1-5-8(4)6-7(2)3;1-4-5(2)3/h5-6H2,1-4H3;4H2,1-3H3. The first-order chi connectivity index (χ1) is 5.93. The largest absolute Gasteiger partial charge is 0.310 e. The van der Waals surface area contributed by atoms with E-state index in [0.717, 1.165) is 19.8 Å². The topological polar surface area (TPSA) is 9.72 Å². The summed E-state index contributed by atoms with van der Waals surface area (Å²) in [6.07, 6.45) is 0. The van der Waals surface area contributed by atoms with Gasteiger partial charge in [-0.2, -0.15) is 0 Å². The van der Waals surface area contributed by atoms with Crippen LogP contribution in [0.15, 0.2) is 0 Å². The second kappa shape index (κ2) is 9.96. The maximum atomic E-state index is 2.25. The van der Waals surface area contributed by atoms with Gasteiger partial charge < -0.3 is 4.90 Å². The lowest BCUT2D eigenvalue weighted by Gasteiger charge is -2.18. The lowest BCUT2D eigenvalue weighted by atomic mass is 10.6. The number of rotatable bonds is 4. The van der Waals surface area contributed by atoms with Crippen LogP contribution >= 0.6 is 0 Å². The molecule has 0 aliphatic carbocycles. The van der Waals surface area contributed by atoms with Crippen molar-refractivity contribution in [3.8, 4) is 0 Å². The fourth-order valence-corrected chi connectivity index (χ4v) is 0.583. The normalized spacial score (nSPS) is 10.6. The Balaban J connectivity index is 0. The summed E-state index contributed by atoms with van der Waals surface area (Å²) in [5.74, 6) is 0. The Morgan fingerprint density at radius 3 is 1.15 bits per heavy atom. The van der Waals surface area contributed by atoms with Crippen LogP contribution in [0.3, 0.4) is 0 Å². The molecule has 0 saturated heterocycles. The van der Waals surface area contributed by atoms with E-state index in [1.54, 1.807) is 0 Å². The molecule has 0 heterocycles. The Bertz CT molecular complexity index is 92.2. The van der Waals surface area contributed by atoms with Crippen molar-refractivity contribution in [3.05, 3.63) is 0 Å². The molecule has 0 saturated carbocycles. The zero-order valence-corrected chi connectivity index (χ0v) is 10.5. The molecule has 0 fully saturated rings. The fraction of sp³-hybridized carbons (Fsp3) is 1.00. The van der Waals surface area contributed by atoms with Crippen LogP contribution in [-0.4, -0.2) is 69.7 Å². The minimum Gasteiger partial charge on any atom is -0.310 e. The Kier molecular flexibility index (Phi) is 11.8. The smallest absolute Gasteiger partial charge is 0.0497 e. The van der Waals surface area contributed by atoms with Crippen LogP contribution in [-0.2, 0) is 0 Å². The monoisotopic (exact) mass is 189 g/mol. The summed E-state index contributed by atoms with van der Waals surface area (Å²) >= 11 is 0. The summed E-state index contributed by atoms with van der Waals surface area (Å²) in [4.78, 5) is 6.53. The van der Waals surface area contributed by atoms with E-state index in [9.17, 15) is 0 Å². The second-order valence-electron chi connectivity index (χ2n) is 3.79. The predicted octanol–water partition coefficient (Wildman–Crippen LogP) is 1.03. The molecular weight excluding hydrogens is 162 g/mol. The molecule has 0 radical (unpaired) electrons. The predicted molar refractivity (Wildman–Crippen MR) is 61.1 cm³/mol. The first-order valence-corrected chi connectivity index (χ1v) is 4.92. The summed E-state index contributed by atoms with van der Waals surface area (Å²) < 4.78 is 0. The van der Waals surface area contributed by atoms with Crippen LogP contribution in [0.25, 0.3) is 0 Å². The molecule has 0 bridgehead atoms. The number of hydrogen-bond acceptors (Lipinski definition) is 3. The van der Waals surface area contributed by atoms with Gasteiger partial charge in [0.25, 0.3) is 0 Å². The molecule has 0 rings (SSSR count). The molecule has 0 amide bonds. The molecule has 82 valence electrons. The molecule has 0 aromatic rings. The van der Waals surface area contributed by atoms with Crippen LogP contribution in [0.1, 0.15) is 13.8 Å². The van der Waals surface area contributed by atoms with Crippen molar-refractivity contribution in [2.45, 2.75) is 13.8 Å². The van der Waals surface area contributed by atoms with Crippen molar-refractivity contribution in [1.29, 1.82) is 0 Å². The third-order valence-corrected chi connectivity index (χ3v) is 1.70. The molecule has 0 aliphatic heterocycles. The maximum Gasteiger partial charge on any atom is 0.0497 e. The van der Waals surface area contributed by atoms with Gasteiger partial charge in [0, 0.05) is 6.67 Å². The highest BCUT2D eigenvalue weighted by atomic mass is 15.3. The summed E-state index contributed by atoms with van der Waals surface area (Å²) in [5, 5.41) is 0. The van der Waals surface area contributed by atoms with E-state index in [1.165, 1.54) is 0 Å². The van der Waals surface area contributed by atoms with Crippen molar-refractivity contribution in [3.63, 3.8) is 0 Å². The van der Waals surface area contributed by atoms with Gasteiger partial charge in [-0.1, -0.05) is 13.8 Å². The maximum absolute atomic E-state index is 2.25. The van der Waals surface area contributed by atoms with E-state index in [1.807, 2.05) is 0 Å². The molecule has 0 spiro atoms. The Labute approximate surface area is 84.3 Å². The van der Waals surface area contributed by atoms with Crippen molar-refractivity contribution in [2.24, 2.45) is 0 Å². The van der Waals surface area contributed by atoms with Gasteiger partial charge in [-0.25, -0.2) is 0 Å². The third-order valence-electron chi connectivity index (χ3n) is 1.70. The minimum atomic E-state index is 1.05. The first-order valence-electron chi connectivity index (χ1n) is 4.92. The van der Waals surface area contributed by atoms with Crippen LogP contribution in [0.4, 0.5) is 0 Å². The highest BCUT2D eigenvalue weighted by Gasteiger charge is 1.92. The molecule has 3 heteroatoms. The molecule has 0 aliphatic rings. The van der Waals surface area contributed by atoms with Crippen molar-refractivity contribution >= 4 is 0 Å². The lowest BCUT2D eigenvalue weighted by Crippen LogP contribution is -2.29. The fourth-order valence-electron chi connectivity index (χ4n) is 0.583. The quantitative estimate of drug-likeness (QED) is 0.612. The molecule has 0 aromatic carbocycles. The molecule has 0 N–H and O–H groups in total. The van der Waals surface area contributed by atoms with Gasteiger partial charge in [-0.15, -0.1) is 0 Å². The van der Waals surface area contributed by atoms with Gasteiger partial charge in [0.2, 0.25) is 0 Å². The Morgan fingerprint density at radius 2 is 1.08 bits per heavy atom. The van der Waals surface area contributed by atoms with Gasteiger partial charge >= 0.3 is 0 Å². The third kappa shape index (κ3) is 18.7. The van der Waals surface area contributed by atoms with Gasteiger partial charge in [-0.05, 0) is 48.3 Å². The number of nitrogens with zero attached hydrogens (tertiary/aromatic N) is 3. The van der Waals surface area contributed by atoms with Crippen LogP contribution < -0.4 is 0 Å². The molecule has 3 nitrogen and oxygen atoms in total. The Morgan fingerprint density at radius 1 is 0.692 bits per heavy atom. The molecule has 0 aromatic heterocycles. The van der Waals surface area contributed by atoms with Crippen molar-refractivity contribution in [1.82, 2.24) is 14.7 Å². The highest BCUT2D eigenvalue weighted by molar-refractivity contribution is 4.41. The van der Waals surface area contributed by atoms with E-state index in [0.29, 0.717) is 0 Å². The summed E-state index contributed by atoms with van der Waals surface area (Å²) in [6, 6.07) is 0. The molecule has 0 unspecified atom stereocenters. The van der Waals surface area contributed by atoms with E-state index in [2.05, 4.69) is 63.8 Å². The van der Waals surface area contributed by atoms with E-state index < -0.39 is 0 Å². The van der Waals surface area contributed by atoms with Gasteiger partial charge in [-0.3, -0.25) is 9.80 Å². The lowest BCUT2D eigenvalue weighted by molar-refractivity contribution is 0.219. The van der Waals surface area contributed by atoms with Gasteiger partial charge in [0.05, 0.1) is 0 Å². The van der Waals surface area contributed by atoms with Crippen molar-refractivity contribution < 1.29 is 0 Å². The van der Waals surface area contributed by atoms with Gasteiger partial charge in [0.15, 0.2) is 0 Å². The average molecular weight is 189 g/mol. The molecular formula is C10H27N3. The van der Waals surface area contributed by atoms with Crippen LogP contribution in [0.2, 0.25) is 0 Å². The zero-order valence-electron chi connectivity index (χ0n) is 10.5.